The van der Waals surface area contributed by atoms with Gasteiger partial charge in [0.25, 0.3) is 5.91 Å². The van der Waals surface area contributed by atoms with Crippen molar-refractivity contribution in [2.45, 2.75) is 57.9 Å². The Morgan fingerprint density at radius 2 is 1.75 bits per heavy atom. The average Bonchev–Trinajstić information content (AvgIpc) is 2.62. The summed E-state index contributed by atoms with van der Waals surface area (Å²) in [5.41, 5.74) is 0.911. The summed E-state index contributed by atoms with van der Waals surface area (Å²) >= 11 is 0. The minimum atomic E-state index is -0.635. The van der Waals surface area contributed by atoms with E-state index in [1.165, 1.54) is 26.4 Å². The first kappa shape index (κ1) is 19.7. The van der Waals surface area contributed by atoms with Crippen LogP contribution in [-0.2, 0) is 9.53 Å². The first-order chi connectivity index (χ1) is 11.6. The smallest absolute Gasteiger partial charge is 0.328 e. The van der Waals surface area contributed by atoms with Gasteiger partial charge in [-0.3, -0.25) is 4.79 Å². The zero-order valence-electron chi connectivity index (χ0n) is 14.5. The van der Waals surface area contributed by atoms with Crippen LogP contribution in [0, 0.1) is 11.3 Å². The molecule has 1 rings (SSSR count). The Labute approximate surface area is 144 Å². The number of hydrogen-bond acceptors (Lipinski definition) is 4. The van der Waals surface area contributed by atoms with Crippen molar-refractivity contribution in [2.75, 3.05) is 7.11 Å². The lowest BCUT2D eigenvalue weighted by atomic mass is 10.0. The Kier molecular flexibility index (Phi) is 9.21. The maximum Gasteiger partial charge on any atom is 0.328 e. The number of carbonyl (C=O) groups excluding carboxylic acids is 2. The highest BCUT2D eigenvalue weighted by molar-refractivity contribution is 5.96. The minimum absolute atomic E-state index is 0.333. The Hall–Kier alpha value is -2.35. The summed E-state index contributed by atoms with van der Waals surface area (Å²) < 4.78 is 4.78. The molecule has 0 spiro atoms. The standard InChI is InChI=1S/C19H26N2O3/c1-3-4-5-6-7-8-9-17(19(23)24-2)21-18(22)16-12-10-15(14-20)11-13-16/h10-13,17H,3-9H2,1-2H3,(H,21,22)/t17-/m0/s1. The molecule has 0 aromatic heterocycles. The minimum Gasteiger partial charge on any atom is -0.467 e. The molecule has 0 heterocycles. The van der Waals surface area contributed by atoms with Crippen molar-refractivity contribution in [3.63, 3.8) is 0 Å². The summed E-state index contributed by atoms with van der Waals surface area (Å²) in [5.74, 6) is -0.758. The third kappa shape index (κ3) is 6.82. The summed E-state index contributed by atoms with van der Waals surface area (Å²) in [4.78, 5) is 24.1. The van der Waals surface area contributed by atoms with Crippen LogP contribution in [0.15, 0.2) is 24.3 Å². The Morgan fingerprint density at radius 3 is 2.33 bits per heavy atom. The van der Waals surface area contributed by atoms with E-state index >= 15 is 0 Å². The topological polar surface area (TPSA) is 79.2 Å². The average molecular weight is 330 g/mol. The molecule has 0 aliphatic heterocycles. The van der Waals surface area contributed by atoms with Crippen molar-refractivity contribution < 1.29 is 14.3 Å². The normalized spacial score (nSPS) is 11.4. The van der Waals surface area contributed by atoms with E-state index in [9.17, 15) is 9.59 Å². The quantitative estimate of drug-likeness (QED) is 0.525. The molecule has 1 N–H and O–H groups in total. The third-order valence-corrected chi connectivity index (χ3v) is 3.91. The first-order valence-corrected chi connectivity index (χ1v) is 8.51. The fraction of sp³-hybridized carbons (Fsp3) is 0.526. The molecule has 1 aromatic rings. The van der Waals surface area contributed by atoms with Crippen molar-refractivity contribution >= 4 is 11.9 Å². The van der Waals surface area contributed by atoms with Gasteiger partial charge in [0.2, 0.25) is 0 Å². The van der Waals surface area contributed by atoms with Gasteiger partial charge in [0, 0.05) is 5.56 Å². The van der Waals surface area contributed by atoms with Gasteiger partial charge in [-0.2, -0.15) is 5.26 Å². The van der Waals surface area contributed by atoms with Crippen LogP contribution in [0.3, 0.4) is 0 Å². The van der Waals surface area contributed by atoms with Crippen LogP contribution in [0.1, 0.15) is 67.8 Å². The molecule has 0 fully saturated rings. The van der Waals surface area contributed by atoms with Gasteiger partial charge in [0.1, 0.15) is 6.04 Å². The highest BCUT2D eigenvalue weighted by atomic mass is 16.5. The molecular weight excluding hydrogens is 304 g/mol. The number of esters is 1. The Morgan fingerprint density at radius 1 is 1.12 bits per heavy atom. The number of carbonyl (C=O) groups is 2. The molecule has 0 radical (unpaired) electrons. The lowest BCUT2D eigenvalue weighted by Crippen LogP contribution is -2.41. The van der Waals surface area contributed by atoms with E-state index in [1.807, 2.05) is 6.07 Å². The summed E-state index contributed by atoms with van der Waals surface area (Å²) in [5, 5.41) is 11.5. The van der Waals surface area contributed by atoms with Crippen LogP contribution in [0.25, 0.3) is 0 Å². The van der Waals surface area contributed by atoms with E-state index in [4.69, 9.17) is 10.00 Å². The fourth-order valence-electron chi connectivity index (χ4n) is 2.46. The van der Waals surface area contributed by atoms with Crippen molar-refractivity contribution in [3.8, 4) is 6.07 Å². The number of methoxy groups -OCH3 is 1. The van der Waals surface area contributed by atoms with Crippen LogP contribution in [-0.4, -0.2) is 25.0 Å². The van der Waals surface area contributed by atoms with Gasteiger partial charge in [0.15, 0.2) is 0 Å². The van der Waals surface area contributed by atoms with Crippen LogP contribution >= 0.6 is 0 Å². The molecule has 0 aliphatic rings. The van der Waals surface area contributed by atoms with E-state index in [0.29, 0.717) is 17.5 Å². The molecule has 0 saturated carbocycles. The Bertz CT molecular complexity index is 561. The van der Waals surface area contributed by atoms with Gasteiger partial charge in [0.05, 0.1) is 18.7 Å². The second-order valence-corrected chi connectivity index (χ2v) is 5.79. The fourth-order valence-corrected chi connectivity index (χ4v) is 2.46. The van der Waals surface area contributed by atoms with Crippen molar-refractivity contribution in [1.82, 2.24) is 5.32 Å². The monoisotopic (exact) mass is 330 g/mol. The van der Waals surface area contributed by atoms with Gasteiger partial charge in [-0.15, -0.1) is 0 Å². The molecule has 1 amide bonds. The first-order valence-electron chi connectivity index (χ1n) is 8.51. The van der Waals surface area contributed by atoms with Gasteiger partial charge < -0.3 is 10.1 Å². The molecule has 1 atom stereocenters. The van der Waals surface area contributed by atoms with Gasteiger partial charge in [-0.1, -0.05) is 45.4 Å². The number of amides is 1. The van der Waals surface area contributed by atoms with Crippen molar-refractivity contribution in [2.24, 2.45) is 0 Å². The largest absolute Gasteiger partial charge is 0.467 e. The SMILES string of the molecule is CCCCCCCC[C@H](NC(=O)c1ccc(C#N)cc1)C(=O)OC. The second kappa shape index (κ2) is 11.2. The zero-order valence-corrected chi connectivity index (χ0v) is 14.5. The van der Waals surface area contributed by atoms with Gasteiger partial charge >= 0.3 is 5.97 Å². The number of benzene rings is 1. The molecule has 5 nitrogen and oxygen atoms in total. The van der Waals surface area contributed by atoms with E-state index in [1.54, 1.807) is 24.3 Å². The summed E-state index contributed by atoms with van der Waals surface area (Å²) in [6.07, 6.45) is 7.27. The molecule has 130 valence electrons. The maximum atomic E-state index is 12.2. The van der Waals surface area contributed by atoms with E-state index in [2.05, 4.69) is 12.2 Å². The second-order valence-electron chi connectivity index (χ2n) is 5.79. The number of nitrogens with one attached hydrogen (secondary N) is 1. The molecular formula is C19H26N2O3. The van der Waals surface area contributed by atoms with E-state index < -0.39 is 12.0 Å². The molecule has 0 unspecified atom stereocenters. The molecule has 5 heteroatoms. The summed E-state index contributed by atoms with van der Waals surface area (Å²) in [6, 6.07) is 7.68. The van der Waals surface area contributed by atoms with E-state index in [0.717, 1.165) is 19.3 Å². The molecule has 1 aromatic carbocycles. The highest BCUT2D eigenvalue weighted by Gasteiger charge is 2.21. The van der Waals surface area contributed by atoms with Crippen molar-refractivity contribution in [1.29, 1.82) is 5.26 Å². The summed E-state index contributed by atoms with van der Waals surface area (Å²) in [6.45, 7) is 2.17. The highest BCUT2D eigenvalue weighted by Crippen LogP contribution is 2.11. The molecule has 0 saturated heterocycles. The predicted octanol–water partition coefficient (Wildman–Crippen LogP) is 3.58. The number of nitriles is 1. The van der Waals surface area contributed by atoms with Crippen LogP contribution < -0.4 is 5.32 Å². The molecule has 0 bridgehead atoms. The Balaban J connectivity index is 2.53. The molecule has 0 aliphatic carbocycles. The number of unbranched alkanes of at least 4 members (excludes halogenated alkanes) is 5. The maximum absolute atomic E-state index is 12.2. The van der Waals surface area contributed by atoms with Crippen LogP contribution in [0.2, 0.25) is 0 Å². The molecule has 24 heavy (non-hydrogen) atoms. The summed E-state index contributed by atoms with van der Waals surface area (Å²) in [7, 11) is 1.32. The van der Waals surface area contributed by atoms with Crippen molar-refractivity contribution in [3.05, 3.63) is 35.4 Å². The zero-order chi connectivity index (χ0) is 17.8. The number of rotatable bonds is 10. The van der Waals surface area contributed by atoms with Crippen LogP contribution in [0.4, 0.5) is 0 Å². The van der Waals surface area contributed by atoms with E-state index in [-0.39, 0.29) is 5.91 Å². The van der Waals surface area contributed by atoms with Gasteiger partial charge in [-0.05, 0) is 30.7 Å². The lowest BCUT2D eigenvalue weighted by Gasteiger charge is -2.16. The predicted molar refractivity (Wildman–Crippen MR) is 92.4 cm³/mol. The number of ether oxygens (including phenoxy) is 1. The third-order valence-electron chi connectivity index (χ3n) is 3.91. The van der Waals surface area contributed by atoms with Gasteiger partial charge in [-0.25, -0.2) is 4.79 Å². The van der Waals surface area contributed by atoms with Crippen LogP contribution in [0.5, 0.6) is 0 Å². The number of nitrogens with zero attached hydrogens (tertiary/aromatic N) is 1. The lowest BCUT2D eigenvalue weighted by molar-refractivity contribution is -0.143. The number of hydrogen-bond donors (Lipinski definition) is 1.